The first-order chi connectivity index (χ1) is 11.1. The van der Waals surface area contributed by atoms with Crippen LogP contribution in [0.4, 0.5) is 5.95 Å². The fraction of sp³-hybridized carbons (Fsp3) is 0.529. The van der Waals surface area contributed by atoms with E-state index in [0.717, 1.165) is 23.9 Å². The topological polar surface area (TPSA) is 56.1 Å². The van der Waals surface area contributed by atoms with Crippen molar-refractivity contribution < 1.29 is 9.53 Å². The summed E-state index contributed by atoms with van der Waals surface area (Å²) >= 11 is 6.00. The molecule has 5 nitrogen and oxygen atoms in total. The molecule has 1 N–H and O–H groups in total. The van der Waals surface area contributed by atoms with E-state index in [2.05, 4.69) is 10.3 Å². The molecule has 0 spiro atoms. The monoisotopic (exact) mass is 335 g/mol. The summed E-state index contributed by atoms with van der Waals surface area (Å²) in [5.74, 6) is 0.379. The second-order valence-corrected chi connectivity index (χ2v) is 6.49. The van der Waals surface area contributed by atoms with Crippen molar-refractivity contribution in [1.29, 1.82) is 0 Å². The van der Waals surface area contributed by atoms with E-state index in [0.29, 0.717) is 17.4 Å². The van der Waals surface area contributed by atoms with Crippen LogP contribution in [0, 0.1) is 0 Å². The summed E-state index contributed by atoms with van der Waals surface area (Å²) in [5.41, 5.74) is 1.69. The summed E-state index contributed by atoms with van der Waals surface area (Å²) in [7, 11) is 1.87. The number of nitrogens with one attached hydrogen (secondary N) is 1. The molecule has 1 aliphatic carbocycles. The number of nitrogens with zero attached hydrogens (tertiary/aromatic N) is 2. The minimum Gasteiger partial charge on any atom is -0.365 e. The molecule has 0 radical (unpaired) electrons. The third-order valence-corrected chi connectivity index (χ3v) is 4.64. The lowest BCUT2D eigenvalue weighted by atomic mass is 10.2. The van der Waals surface area contributed by atoms with E-state index in [1.54, 1.807) is 6.07 Å². The average Bonchev–Trinajstić information content (AvgIpc) is 3.13. The number of benzene rings is 1. The van der Waals surface area contributed by atoms with Crippen molar-refractivity contribution in [1.82, 2.24) is 9.55 Å². The van der Waals surface area contributed by atoms with Crippen LogP contribution in [0.25, 0.3) is 11.0 Å². The number of fused-ring (bicyclic) bond motifs is 1. The van der Waals surface area contributed by atoms with E-state index in [-0.39, 0.29) is 12.0 Å². The summed E-state index contributed by atoms with van der Waals surface area (Å²) in [6.45, 7) is 1.97. The van der Waals surface area contributed by atoms with Crippen molar-refractivity contribution in [2.75, 3.05) is 5.32 Å². The molecule has 3 rings (SSSR count). The highest BCUT2D eigenvalue weighted by Gasteiger charge is 2.25. The van der Waals surface area contributed by atoms with Crippen molar-refractivity contribution in [2.45, 2.75) is 51.2 Å². The largest absolute Gasteiger partial charge is 0.365 e. The molecular formula is C17H22ClN3O2. The van der Waals surface area contributed by atoms with Crippen LogP contribution in [0.5, 0.6) is 0 Å². The Morgan fingerprint density at radius 3 is 2.91 bits per heavy atom. The molecular weight excluding hydrogens is 314 g/mol. The molecule has 1 aromatic carbocycles. The first kappa shape index (κ1) is 16.3. The number of amides is 1. The molecule has 1 aromatic heterocycles. The number of carbonyl (C=O) groups is 1. The zero-order chi connectivity index (χ0) is 16.4. The van der Waals surface area contributed by atoms with Gasteiger partial charge in [0.25, 0.3) is 5.91 Å². The van der Waals surface area contributed by atoms with Crippen molar-refractivity contribution in [3.63, 3.8) is 0 Å². The van der Waals surface area contributed by atoms with Gasteiger partial charge in [-0.2, -0.15) is 0 Å². The van der Waals surface area contributed by atoms with Crippen LogP contribution in [-0.2, 0) is 16.6 Å². The molecule has 0 aliphatic heterocycles. The number of anilines is 1. The van der Waals surface area contributed by atoms with Crippen LogP contribution in [0.1, 0.15) is 39.0 Å². The van der Waals surface area contributed by atoms with Gasteiger partial charge in [-0.3, -0.25) is 10.1 Å². The van der Waals surface area contributed by atoms with Gasteiger partial charge >= 0.3 is 0 Å². The molecule has 2 aromatic rings. The number of hydrogen-bond donors (Lipinski definition) is 1. The molecule has 1 atom stereocenters. The van der Waals surface area contributed by atoms with Gasteiger partial charge in [0.1, 0.15) is 6.10 Å². The second-order valence-electron chi connectivity index (χ2n) is 6.06. The van der Waals surface area contributed by atoms with Crippen molar-refractivity contribution in [3.05, 3.63) is 23.2 Å². The van der Waals surface area contributed by atoms with Crippen LogP contribution in [0.3, 0.4) is 0 Å². The first-order valence-corrected chi connectivity index (χ1v) is 8.54. The molecule has 1 aliphatic rings. The number of hydrogen-bond acceptors (Lipinski definition) is 3. The van der Waals surface area contributed by atoms with Gasteiger partial charge in [-0.05, 0) is 37.5 Å². The SMILES string of the molecule is CCC(OC1CCCC1)C(=O)Nc1nc2cc(Cl)ccc2n1C. The molecule has 1 heterocycles. The van der Waals surface area contributed by atoms with Crippen LogP contribution in [0.15, 0.2) is 18.2 Å². The van der Waals surface area contributed by atoms with Gasteiger partial charge in [-0.1, -0.05) is 31.4 Å². The van der Waals surface area contributed by atoms with Crippen molar-refractivity contribution in [3.8, 4) is 0 Å². The van der Waals surface area contributed by atoms with E-state index < -0.39 is 6.10 Å². The molecule has 124 valence electrons. The van der Waals surface area contributed by atoms with Crippen LogP contribution < -0.4 is 5.32 Å². The van der Waals surface area contributed by atoms with Crippen molar-refractivity contribution in [2.24, 2.45) is 7.05 Å². The summed E-state index contributed by atoms with van der Waals surface area (Å²) in [6.07, 6.45) is 4.91. The maximum atomic E-state index is 12.5. The van der Waals surface area contributed by atoms with Crippen LogP contribution in [0.2, 0.25) is 5.02 Å². The van der Waals surface area contributed by atoms with Gasteiger partial charge in [0.05, 0.1) is 17.1 Å². The van der Waals surface area contributed by atoms with Gasteiger partial charge in [0.2, 0.25) is 5.95 Å². The zero-order valence-corrected chi connectivity index (χ0v) is 14.3. The van der Waals surface area contributed by atoms with E-state index in [4.69, 9.17) is 16.3 Å². The minimum atomic E-state index is -0.429. The first-order valence-electron chi connectivity index (χ1n) is 8.16. The summed E-state index contributed by atoms with van der Waals surface area (Å²) in [4.78, 5) is 17.0. The average molecular weight is 336 g/mol. The maximum Gasteiger partial charge on any atom is 0.255 e. The molecule has 1 fully saturated rings. The fourth-order valence-electron chi connectivity index (χ4n) is 3.08. The normalized spacial score (nSPS) is 16.8. The van der Waals surface area contributed by atoms with Crippen LogP contribution >= 0.6 is 11.6 Å². The Labute approximate surface area is 141 Å². The number of aromatic nitrogens is 2. The Hall–Kier alpha value is -1.59. The van der Waals surface area contributed by atoms with Gasteiger partial charge in [-0.25, -0.2) is 4.98 Å². The number of halogens is 1. The lowest BCUT2D eigenvalue weighted by molar-refractivity contribution is -0.131. The molecule has 6 heteroatoms. The molecule has 23 heavy (non-hydrogen) atoms. The van der Waals surface area contributed by atoms with Crippen LogP contribution in [-0.4, -0.2) is 27.7 Å². The molecule has 0 bridgehead atoms. The standard InChI is InChI=1S/C17H22ClN3O2/c1-3-15(23-12-6-4-5-7-12)16(22)20-17-19-13-10-11(18)8-9-14(13)21(17)2/h8-10,12,15H,3-7H2,1-2H3,(H,19,20,22). The maximum absolute atomic E-state index is 12.5. The number of carbonyl (C=O) groups excluding carboxylic acids is 1. The number of imidazole rings is 1. The predicted octanol–water partition coefficient (Wildman–Crippen LogP) is 3.90. The third-order valence-electron chi connectivity index (χ3n) is 4.40. The highest BCUT2D eigenvalue weighted by atomic mass is 35.5. The van der Waals surface area contributed by atoms with Gasteiger partial charge in [-0.15, -0.1) is 0 Å². The Morgan fingerprint density at radius 2 is 2.22 bits per heavy atom. The van der Waals surface area contributed by atoms with Crippen molar-refractivity contribution >= 4 is 34.5 Å². The Morgan fingerprint density at radius 1 is 1.48 bits per heavy atom. The quantitative estimate of drug-likeness (QED) is 0.901. The molecule has 1 amide bonds. The Balaban J connectivity index is 1.74. The highest BCUT2D eigenvalue weighted by Crippen LogP contribution is 2.24. The summed E-state index contributed by atoms with van der Waals surface area (Å²) in [6, 6.07) is 5.50. The smallest absolute Gasteiger partial charge is 0.255 e. The highest BCUT2D eigenvalue weighted by molar-refractivity contribution is 6.31. The lowest BCUT2D eigenvalue weighted by Gasteiger charge is -2.20. The summed E-state index contributed by atoms with van der Waals surface area (Å²) < 4.78 is 7.81. The van der Waals surface area contributed by atoms with Gasteiger partial charge < -0.3 is 9.30 Å². The Bertz CT molecular complexity index is 707. The second kappa shape index (κ2) is 6.89. The fourth-order valence-corrected chi connectivity index (χ4v) is 3.24. The minimum absolute atomic E-state index is 0.135. The number of aryl methyl sites for hydroxylation is 1. The number of ether oxygens (including phenoxy) is 1. The predicted molar refractivity (Wildman–Crippen MR) is 91.8 cm³/mol. The van der Waals surface area contributed by atoms with E-state index in [9.17, 15) is 4.79 Å². The van der Waals surface area contributed by atoms with E-state index in [1.807, 2.05) is 30.7 Å². The summed E-state index contributed by atoms with van der Waals surface area (Å²) in [5, 5.41) is 3.52. The number of rotatable bonds is 5. The lowest BCUT2D eigenvalue weighted by Crippen LogP contribution is -2.33. The van der Waals surface area contributed by atoms with Gasteiger partial charge in [0, 0.05) is 12.1 Å². The third kappa shape index (κ3) is 3.51. The van der Waals surface area contributed by atoms with Gasteiger partial charge in [0.15, 0.2) is 0 Å². The van der Waals surface area contributed by atoms with E-state index in [1.165, 1.54) is 12.8 Å². The zero-order valence-electron chi connectivity index (χ0n) is 13.5. The Kier molecular flexibility index (Phi) is 4.87. The molecule has 1 unspecified atom stereocenters. The molecule has 1 saturated carbocycles. The van der Waals surface area contributed by atoms with E-state index >= 15 is 0 Å². The molecule has 0 saturated heterocycles.